The van der Waals surface area contributed by atoms with Gasteiger partial charge in [0.2, 0.25) is 0 Å². The fraction of sp³-hybridized carbons (Fsp3) is 0.417. The minimum atomic E-state index is -0.405. The summed E-state index contributed by atoms with van der Waals surface area (Å²) in [6.45, 7) is 6.17. The highest BCUT2D eigenvalue weighted by molar-refractivity contribution is 5.34. The smallest absolute Gasteiger partial charge is 0.278 e. The molecule has 0 aliphatic carbocycles. The van der Waals surface area contributed by atoms with E-state index in [0.29, 0.717) is 17.9 Å². The maximum absolute atomic E-state index is 12.0. The first-order valence-corrected chi connectivity index (χ1v) is 5.93. The van der Waals surface area contributed by atoms with Crippen LogP contribution in [0, 0.1) is 0 Å². The SMILES string of the molecule is CCn1c(-n2cccn2)c(C(C)C)c(=O)[nH]c1=O. The first kappa shape index (κ1) is 12.3. The minimum Gasteiger partial charge on any atom is -0.278 e. The minimum absolute atomic E-state index is 0.00588. The molecule has 6 nitrogen and oxygen atoms in total. The molecule has 0 atom stereocenters. The molecule has 1 N–H and O–H groups in total. The lowest BCUT2D eigenvalue weighted by molar-refractivity contribution is 0.620. The summed E-state index contributed by atoms with van der Waals surface area (Å²) in [5, 5.41) is 4.12. The zero-order chi connectivity index (χ0) is 13.3. The lowest BCUT2D eigenvalue weighted by Gasteiger charge is -2.16. The summed E-state index contributed by atoms with van der Waals surface area (Å²) in [5.74, 6) is 0.553. The first-order chi connectivity index (χ1) is 8.56. The van der Waals surface area contributed by atoms with Crippen molar-refractivity contribution in [2.75, 3.05) is 0 Å². The molecule has 0 aliphatic heterocycles. The summed E-state index contributed by atoms with van der Waals surface area (Å²) in [6, 6.07) is 1.76. The molecule has 0 radical (unpaired) electrons. The molecule has 0 bridgehead atoms. The lowest BCUT2D eigenvalue weighted by atomic mass is 10.1. The molecular weight excluding hydrogens is 232 g/mol. The molecular formula is C12H16N4O2. The van der Waals surface area contributed by atoms with Gasteiger partial charge >= 0.3 is 5.69 Å². The van der Waals surface area contributed by atoms with E-state index in [4.69, 9.17) is 0 Å². The zero-order valence-corrected chi connectivity index (χ0v) is 10.7. The fourth-order valence-electron chi connectivity index (χ4n) is 2.03. The summed E-state index contributed by atoms with van der Waals surface area (Å²) in [4.78, 5) is 26.1. The Morgan fingerprint density at radius 3 is 2.61 bits per heavy atom. The van der Waals surface area contributed by atoms with Gasteiger partial charge in [-0.2, -0.15) is 5.10 Å². The topological polar surface area (TPSA) is 72.7 Å². The van der Waals surface area contributed by atoms with E-state index in [1.165, 1.54) is 4.57 Å². The monoisotopic (exact) mass is 248 g/mol. The number of aromatic nitrogens is 4. The third-order valence-electron chi connectivity index (χ3n) is 2.82. The summed E-state index contributed by atoms with van der Waals surface area (Å²) < 4.78 is 3.08. The predicted octanol–water partition coefficient (Wildman–Crippen LogP) is 0.866. The van der Waals surface area contributed by atoms with Gasteiger partial charge in [0.05, 0.1) is 5.56 Å². The Morgan fingerprint density at radius 2 is 2.11 bits per heavy atom. The van der Waals surface area contributed by atoms with E-state index in [9.17, 15) is 9.59 Å². The molecule has 0 spiro atoms. The Bertz CT molecular complexity index is 650. The average Bonchev–Trinajstić information content (AvgIpc) is 2.80. The van der Waals surface area contributed by atoms with Crippen LogP contribution >= 0.6 is 0 Å². The van der Waals surface area contributed by atoms with Crippen LogP contribution in [-0.2, 0) is 6.54 Å². The van der Waals surface area contributed by atoms with Crippen LogP contribution in [0.15, 0.2) is 28.0 Å². The van der Waals surface area contributed by atoms with Gasteiger partial charge in [-0.05, 0) is 18.9 Å². The molecule has 0 saturated heterocycles. The number of hydrogen-bond donors (Lipinski definition) is 1. The molecule has 96 valence electrons. The van der Waals surface area contributed by atoms with Crippen LogP contribution in [-0.4, -0.2) is 19.3 Å². The van der Waals surface area contributed by atoms with E-state index < -0.39 is 5.69 Å². The molecule has 2 heterocycles. The molecule has 2 rings (SSSR count). The molecule has 0 aliphatic rings. The molecule has 18 heavy (non-hydrogen) atoms. The van der Waals surface area contributed by atoms with Crippen molar-refractivity contribution in [3.8, 4) is 5.82 Å². The highest BCUT2D eigenvalue weighted by Crippen LogP contribution is 2.17. The van der Waals surface area contributed by atoms with Gasteiger partial charge in [0, 0.05) is 18.9 Å². The van der Waals surface area contributed by atoms with Crippen molar-refractivity contribution < 1.29 is 0 Å². The third-order valence-corrected chi connectivity index (χ3v) is 2.82. The van der Waals surface area contributed by atoms with Crippen molar-refractivity contribution in [2.45, 2.75) is 33.2 Å². The van der Waals surface area contributed by atoms with E-state index in [1.54, 1.807) is 23.1 Å². The summed E-state index contributed by atoms with van der Waals surface area (Å²) in [6.07, 6.45) is 3.35. The molecule has 0 aromatic carbocycles. The van der Waals surface area contributed by atoms with Crippen molar-refractivity contribution in [1.82, 2.24) is 19.3 Å². The normalized spacial score (nSPS) is 11.1. The Kier molecular flexibility index (Phi) is 3.18. The Hall–Kier alpha value is -2.11. The molecule has 0 unspecified atom stereocenters. The highest BCUT2D eigenvalue weighted by Gasteiger charge is 2.18. The van der Waals surface area contributed by atoms with E-state index in [-0.39, 0.29) is 11.5 Å². The summed E-state index contributed by atoms with van der Waals surface area (Å²) >= 11 is 0. The maximum Gasteiger partial charge on any atom is 0.329 e. The number of nitrogens with one attached hydrogen (secondary N) is 1. The second-order valence-corrected chi connectivity index (χ2v) is 4.35. The Balaban J connectivity index is 2.90. The van der Waals surface area contributed by atoms with E-state index in [1.807, 2.05) is 20.8 Å². The van der Waals surface area contributed by atoms with Crippen molar-refractivity contribution in [1.29, 1.82) is 0 Å². The standard InChI is InChI=1S/C12H16N4O2/c1-4-15-11(16-7-5-6-13-16)9(8(2)3)10(17)14-12(15)18/h5-8H,4H2,1-3H3,(H,14,17,18). The predicted molar refractivity (Wildman–Crippen MR) is 68.2 cm³/mol. The number of hydrogen-bond acceptors (Lipinski definition) is 3. The van der Waals surface area contributed by atoms with Gasteiger partial charge in [0.25, 0.3) is 5.56 Å². The van der Waals surface area contributed by atoms with Crippen LogP contribution in [0.1, 0.15) is 32.3 Å². The number of rotatable bonds is 3. The van der Waals surface area contributed by atoms with Gasteiger partial charge in [-0.15, -0.1) is 0 Å². The van der Waals surface area contributed by atoms with Gasteiger partial charge in [-0.3, -0.25) is 14.3 Å². The van der Waals surface area contributed by atoms with Crippen LogP contribution in [0.4, 0.5) is 0 Å². The molecule has 6 heteroatoms. The average molecular weight is 248 g/mol. The zero-order valence-electron chi connectivity index (χ0n) is 10.7. The second-order valence-electron chi connectivity index (χ2n) is 4.35. The number of aromatic amines is 1. The fourth-order valence-corrected chi connectivity index (χ4v) is 2.03. The Labute approximate surface area is 104 Å². The summed E-state index contributed by atoms with van der Waals surface area (Å²) in [7, 11) is 0. The molecule has 0 fully saturated rings. The first-order valence-electron chi connectivity index (χ1n) is 5.93. The van der Waals surface area contributed by atoms with Crippen molar-refractivity contribution in [3.63, 3.8) is 0 Å². The van der Waals surface area contributed by atoms with Crippen LogP contribution in [0.5, 0.6) is 0 Å². The quantitative estimate of drug-likeness (QED) is 0.875. The van der Waals surface area contributed by atoms with E-state index in [0.717, 1.165) is 0 Å². The molecule has 0 saturated carbocycles. The Morgan fingerprint density at radius 1 is 1.39 bits per heavy atom. The van der Waals surface area contributed by atoms with Gasteiger partial charge < -0.3 is 0 Å². The lowest BCUT2D eigenvalue weighted by Crippen LogP contribution is -2.36. The number of H-pyrrole nitrogens is 1. The van der Waals surface area contributed by atoms with Crippen LogP contribution in [0.2, 0.25) is 0 Å². The van der Waals surface area contributed by atoms with Crippen LogP contribution in [0.25, 0.3) is 5.82 Å². The van der Waals surface area contributed by atoms with E-state index >= 15 is 0 Å². The molecule has 2 aromatic heterocycles. The number of nitrogens with zero attached hydrogens (tertiary/aromatic N) is 3. The van der Waals surface area contributed by atoms with Crippen molar-refractivity contribution in [2.24, 2.45) is 0 Å². The van der Waals surface area contributed by atoms with E-state index in [2.05, 4.69) is 10.1 Å². The van der Waals surface area contributed by atoms with Gasteiger partial charge in [0.1, 0.15) is 5.82 Å². The second kappa shape index (κ2) is 4.64. The van der Waals surface area contributed by atoms with Crippen molar-refractivity contribution in [3.05, 3.63) is 44.9 Å². The van der Waals surface area contributed by atoms with Crippen LogP contribution < -0.4 is 11.2 Å². The van der Waals surface area contributed by atoms with Gasteiger partial charge in [-0.1, -0.05) is 13.8 Å². The van der Waals surface area contributed by atoms with Gasteiger partial charge in [-0.25, -0.2) is 9.48 Å². The highest BCUT2D eigenvalue weighted by atomic mass is 16.2. The summed E-state index contributed by atoms with van der Waals surface area (Å²) in [5.41, 5.74) is -0.178. The molecule has 2 aromatic rings. The largest absolute Gasteiger partial charge is 0.329 e. The third kappa shape index (κ3) is 1.90. The van der Waals surface area contributed by atoms with Crippen LogP contribution in [0.3, 0.4) is 0 Å². The molecule has 0 amide bonds. The van der Waals surface area contributed by atoms with Crippen molar-refractivity contribution >= 4 is 0 Å². The maximum atomic E-state index is 12.0. The van der Waals surface area contributed by atoms with Gasteiger partial charge in [0.15, 0.2) is 0 Å².